The van der Waals surface area contributed by atoms with Crippen molar-refractivity contribution in [2.45, 2.75) is 153 Å². The van der Waals surface area contributed by atoms with Gasteiger partial charge >= 0.3 is 11.9 Å². The van der Waals surface area contributed by atoms with E-state index in [1.807, 2.05) is 40.1 Å². The summed E-state index contributed by atoms with van der Waals surface area (Å²) < 4.78 is 76.1. The number of hydrogen-bond acceptors (Lipinski definition) is 18. The molecule has 0 bridgehead atoms. The van der Waals surface area contributed by atoms with Gasteiger partial charge in [-0.2, -0.15) is 0 Å². The number of benzene rings is 8. The molecule has 20 nitrogen and oxygen atoms in total. The Balaban J connectivity index is 0.455. The second kappa shape index (κ2) is 24.9. The molecule has 0 radical (unpaired) electrons. The number of ether oxygens (including phenoxy) is 12. The monoisotopic (exact) mass is 1200 g/mol. The molecule has 4 aliphatic heterocycles. The molecule has 4 saturated heterocycles. The molecule has 0 aliphatic carbocycles. The van der Waals surface area contributed by atoms with Gasteiger partial charge < -0.3 is 56.8 Å². The van der Waals surface area contributed by atoms with Gasteiger partial charge in [-0.1, -0.05) is 95.4 Å². The smallest absolute Gasteiger partial charge is 0.308 e. The minimum atomic E-state index is -0.843. The molecule has 20 heteroatoms. The number of esters is 2. The van der Waals surface area contributed by atoms with Gasteiger partial charge in [-0.05, 0) is 128 Å². The van der Waals surface area contributed by atoms with Crippen LogP contribution in [0.15, 0.2) is 122 Å². The molecule has 0 N–H and O–H groups in total. The standard InChI is InChI=1S/C68H72N6O14/c1-67(2)85-63-53(83-55(65(63)87-67)35-73-33-51(69-71-73)39-79-37-41-27-47-17-13-43-9-5-10-44-14-18-48(28-41)61(47)59(43)44)31-57(75)81-23-7-21-77-25-26-78-22-8-24-82-58(76)32-54-64-66(88-68(3,4)86-64)56(84-54)36-74-34-52(70-72-74)40-80-38-42-29-49-19-15-45-11-6-12-46-16-20-50(30-42)62(49)60(45)46/h5-6,9-20,27-30,33-34,53-56,63-66H,7-8,21-26,31-32,35-40H2,1-4H3/t53?,54?,55-,56-,63+,64+,65-,66-/m1/s1. The molecule has 2 aromatic heterocycles. The Labute approximate surface area is 508 Å². The van der Waals surface area contributed by atoms with Gasteiger partial charge in [0.05, 0.1) is 103 Å². The molecular weight excluding hydrogens is 1120 g/mol. The van der Waals surface area contributed by atoms with Gasteiger partial charge in [0.15, 0.2) is 11.6 Å². The average Bonchev–Trinajstić information content (AvgIpc) is 1.34. The summed E-state index contributed by atoms with van der Waals surface area (Å²) in [6.45, 7) is 11.4. The molecule has 0 amide bonds. The third-order valence-corrected chi connectivity index (χ3v) is 17.0. The van der Waals surface area contributed by atoms with Crippen LogP contribution in [0.1, 0.15) is 75.9 Å². The zero-order chi connectivity index (χ0) is 59.9. The van der Waals surface area contributed by atoms with Crippen molar-refractivity contribution in [2.75, 3.05) is 39.6 Å². The lowest BCUT2D eigenvalue weighted by Gasteiger charge is -2.23. The Kier molecular flexibility index (Phi) is 16.5. The second-order valence-electron chi connectivity index (χ2n) is 24.4. The summed E-state index contributed by atoms with van der Waals surface area (Å²) in [7, 11) is 0. The summed E-state index contributed by atoms with van der Waals surface area (Å²) in [5.41, 5.74) is 3.55. The van der Waals surface area contributed by atoms with Crippen LogP contribution in [0.25, 0.3) is 64.6 Å². The fourth-order valence-electron chi connectivity index (χ4n) is 13.3. The minimum absolute atomic E-state index is 0.00884. The highest BCUT2D eigenvalue weighted by Crippen LogP contribution is 2.43. The van der Waals surface area contributed by atoms with Crippen molar-refractivity contribution in [1.82, 2.24) is 30.0 Å². The van der Waals surface area contributed by atoms with Crippen LogP contribution in [0.5, 0.6) is 0 Å². The maximum Gasteiger partial charge on any atom is 0.308 e. The molecule has 6 heterocycles. The first-order valence-electron chi connectivity index (χ1n) is 30.6. The van der Waals surface area contributed by atoms with Crippen LogP contribution in [0.4, 0.5) is 0 Å². The number of nitrogens with zero attached hydrogens (tertiary/aromatic N) is 6. The fraction of sp³-hybridized carbons (Fsp3) is 0.441. The minimum Gasteiger partial charge on any atom is -0.466 e. The lowest BCUT2D eigenvalue weighted by Crippen LogP contribution is -2.33. The normalized spacial score (nSPS) is 23.0. The lowest BCUT2D eigenvalue weighted by atomic mass is 9.93. The van der Waals surface area contributed by atoms with E-state index in [0.717, 1.165) is 11.1 Å². The van der Waals surface area contributed by atoms with Crippen molar-refractivity contribution in [1.29, 1.82) is 0 Å². The first-order chi connectivity index (χ1) is 42.8. The summed E-state index contributed by atoms with van der Waals surface area (Å²) in [4.78, 5) is 26.1. The van der Waals surface area contributed by atoms with Crippen molar-refractivity contribution >= 4 is 76.6 Å². The lowest BCUT2D eigenvalue weighted by molar-refractivity contribution is -0.191. The molecule has 2 unspecified atom stereocenters. The van der Waals surface area contributed by atoms with Gasteiger partial charge in [-0.15, -0.1) is 10.2 Å². The highest BCUT2D eigenvalue weighted by Gasteiger charge is 2.57. The van der Waals surface area contributed by atoms with Crippen LogP contribution < -0.4 is 0 Å². The van der Waals surface area contributed by atoms with Gasteiger partial charge in [-0.3, -0.25) is 9.59 Å². The molecule has 88 heavy (non-hydrogen) atoms. The number of carbonyl (C=O) groups is 2. The number of rotatable bonds is 27. The third-order valence-electron chi connectivity index (χ3n) is 17.0. The van der Waals surface area contributed by atoms with Crippen LogP contribution in [0, 0.1) is 0 Å². The van der Waals surface area contributed by atoms with Crippen molar-refractivity contribution in [3.8, 4) is 0 Å². The SMILES string of the molecule is CC1(C)O[C@@H]2[C@@H](Cn3cc(COCc4cc5ccc6cccc7ccc(c4)c5c67)nn3)OC(CC(=O)OCCCOCCOCCCOC(=O)CC3O[C@H](Cn4cc(COCc5cc6ccc7cccc8ccc(c5)c6c78)nn4)[C@H]4OC(C)(C)O[C@@H]34)[C@@H]2O1. The van der Waals surface area contributed by atoms with E-state index in [4.69, 9.17) is 56.8 Å². The van der Waals surface area contributed by atoms with Gasteiger partial charge in [0.1, 0.15) is 48.0 Å². The van der Waals surface area contributed by atoms with E-state index in [2.05, 4.69) is 130 Å². The number of carbonyl (C=O) groups excluding carboxylic acids is 2. The maximum atomic E-state index is 13.1. The first-order valence-corrected chi connectivity index (χ1v) is 30.6. The van der Waals surface area contributed by atoms with Crippen LogP contribution >= 0.6 is 0 Å². The van der Waals surface area contributed by atoms with Crippen LogP contribution in [0.3, 0.4) is 0 Å². The summed E-state index contributed by atoms with van der Waals surface area (Å²) in [6.07, 6.45) is 1.03. The Morgan fingerprint density at radius 2 is 0.784 bits per heavy atom. The van der Waals surface area contributed by atoms with Crippen molar-refractivity contribution in [2.24, 2.45) is 0 Å². The van der Waals surface area contributed by atoms with Gasteiger partial charge in [-0.25, -0.2) is 9.36 Å². The van der Waals surface area contributed by atoms with Crippen LogP contribution in [0.2, 0.25) is 0 Å². The average molecular weight is 1200 g/mol. The fourth-order valence-corrected chi connectivity index (χ4v) is 13.3. The van der Waals surface area contributed by atoms with E-state index < -0.39 is 72.3 Å². The van der Waals surface area contributed by atoms with E-state index in [-0.39, 0.29) is 39.3 Å². The molecule has 0 saturated carbocycles. The van der Waals surface area contributed by atoms with Crippen molar-refractivity contribution in [3.05, 3.63) is 144 Å². The molecule has 14 rings (SSSR count). The summed E-state index contributed by atoms with van der Waals surface area (Å²) in [5, 5.41) is 32.3. The van der Waals surface area contributed by atoms with E-state index in [9.17, 15) is 9.59 Å². The predicted octanol–water partition coefficient (Wildman–Crippen LogP) is 10.1. The topological polar surface area (TPSA) is 206 Å². The van der Waals surface area contributed by atoms with Crippen LogP contribution in [-0.4, -0.2) is 142 Å². The molecule has 4 fully saturated rings. The van der Waals surface area contributed by atoms with Gasteiger partial charge in [0.2, 0.25) is 0 Å². The second-order valence-corrected chi connectivity index (χ2v) is 24.4. The Hall–Kier alpha value is -7.34. The number of aromatic nitrogens is 6. The largest absolute Gasteiger partial charge is 0.466 e. The third kappa shape index (κ3) is 12.6. The van der Waals surface area contributed by atoms with Gasteiger partial charge in [0.25, 0.3) is 0 Å². The highest BCUT2D eigenvalue weighted by atomic mass is 16.8. The summed E-state index contributed by atoms with van der Waals surface area (Å²) in [6, 6.07) is 39.1. The van der Waals surface area contributed by atoms with E-state index in [1.54, 1.807) is 9.36 Å². The Morgan fingerprint density at radius 1 is 0.432 bits per heavy atom. The van der Waals surface area contributed by atoms with Crippen molar-refractivity contribution in [3.63, 3.8) is 0 Å². The van der Waals surface area contributed by atoms with E-state index >= 15 is 0 Å². The molecule has 458 valence electrons. The zero-order valence-corrected chi connectivity index (χ0v) is 49.9. The molecule has 0 spiro atoms. The molecule has 8 atom stereocenters. The zero-order valence-electron chi connectivity index (χ0n) is 49.9. The van der Waals surface area contributed by atoms with E-state index in [1.165, 1.54) is 64.6 Å². The summed E-state index contributed by atoms with van der Waals surface area (Å²) >= 11 is 0. The molecule has 10 aromatic rings. The summed E-state index contributed by atoms with van der Waals surface area (Å²) in [5.74, 6) is -2.48. The Bertz CT molecular complexity index is 3700. The highest BCUT2D eigenvalue weighted by molar-refractivity contribution is 6.24. The van der Waals surface area contributed by atoms with E-state index in [0.29, 0.717) is 77.0 Å². The van der Waals surface area contributed by atoms with Crippen molar-refractivity contribution < 1.29 is 66.4 Å². The molecule has 4 aliphatic rings. The predicted molar refractivity (Wildman–Crippen MR) is 324 cm³/mol. The van der Waals surface area contributed by atoms with Crippen LogP contribution in [-0.2, 0) is 106 Å². The van der Waals surface area contributed by atoms with Gasteiger partial charge in [0, 0.05) is 26.1 Å². The number of hydrogen-bond donors (Lipinski definition) is 0. The molecular formula is C68H72N6O14. The quantitative estimate of drug-likeness (QED) is 0.0267. The number of fused-ring (bicyclic) bond motifs is 2. The maximum absolute atomic E-state index is 13.1. The first kappa shape index (κ1) is 58.3. The molecule has 8 aromatic carbocycles. The Morgan fingerprint density at radius 3 is 1.17 bits per heavy atom.